The van der Waals surface area contributed by atoms with Crippen LogP contribution in [0.5, 0.6) is 5.75 Å². The van der Waals surface area contributed by atoms with E-state index in [2.05, 4.69) is 21.9 Å². The monoisotopic (exact) mass is 318 g/mol. The van der Waals surface area contributed by atoms with E-state index in [1.807, 2.05) is 4.90 Å². The molecule has 0 bridgehead atoms. The van der Waals surface area contributed by atoms with E-state index < -0.39 is 0 Å². The lowest BCUT2D eigenvalue weighted by Crippen LogP contribution is -2.47. The molecule has 2 saturated heterocycles. The van der Waals surface area contributed by atoms with Crippen LogP contribution in [0.25, 0.3) is 0 Å². The Bertz CT molecular complexity index is 526. The van der Waals surface area contributed by atoms with E-state index in [-0.39, 0.29) is 11.7 Å². The molecule has 1 aromatic rings. The van der Waals surface area contributed by atoms with Crippen molar-refractivity contribution >= 4 is 5.91 Å². The molecule has 126 valence electrons. The summed E-state index contributed by atoms with van der Waals surface area (Å²) < 4.78 is 5.03. The van der Waals surface area contributed by atoms with E-state index in [1.165, 1.54) is 25.8 Å². The average Bonchev–Trinajstić information content (AvgIpc) is 2.62. The molecule has 0 saturated carbocycles. The predicted octanol–water partition coefficient (Wildman–Crippen LogP) is 1.82. The summed E-state index contributed by atoms with van der Waals surface area (Å²) in [6.45, 7) is 2.83. The van der Waals surface area contributed by atoms with Crippen molar-refractivity contribution in [2.45, 2.75) is 38.1 Å². The average molecular weight is 318 g/mol. The fourth-order valence-corrected chi connectivity index (χ4v) is 3.86. The zero-order chi connectivity index (χ0) is 16.2. The second-order valence-electron chi connectivity index (χ2n) is 6.62. The number of rotatable bonds is 3. The molecule has 0 N–H and O–H groups in total. The van der Waals surface area contributed by atoms with Gasteiger partial charge in [-0.05, 0) is 45.2 Å². The summed E-state index contributed by atoms with van der Waals surface area (Å²) in [4.78, 5) is 25.1. The molecule has 1 amide bonds. The van der Waals surface area contributed by atoms with Crippen molar-refractivity contribution in [2.24, 2.45) is 5.92 Å². The number of methoxy groups -OCH3 is 1. The Hall–Kier alpha value is -1.69. The lowest BCUT2D eigenvalue weighted by Gasteiger charge is -2.42. The number of likely N-dealkylation sites (tertiary alicyclic amines) is 2. The molecule has 0 aliphatic carbocycles. The van der Waals surface area contributed by atoms with Crippen molar-refractivity contribution in [1.82, 2.24) is 19.8 Å². The number of piperidine rings is 2. The van der Waals surface area contributed by atoms with Gasteiger partial charge in [-0.25, -0.2) is 9.97 Å². The van der Waals surface area contributed by atoms with E-state index in [4.69, 9.17) is 4.74 Å². The Morgan fingerprint density at radius 3 is 2.43 bits per heavy atom. The molecule has 2 aliphatic heterocycles. The van der Waals surface area contributed by atoms with Gasteiger partial charge in [-0.3, -0.25) is 4.79 Å². The molecular weight excluding hydrogens is 292 g/mol. The van der Waals surface area contributed by atoms with Gasteiger partial charge in [0.2, 0.25) is 5.82 Å². The van der Waals surface area contributed by atoms with Crippen LogP contribution in [0.1, 0.15) is 42.7 Å². The van der Waals surface area contributed by atoms with Gasteiger partial charge < -0.3 is 14.5 Å². The number of carbonyl (C=O) groups excluding carboxylic acids is 1. The van der Waals surface area contributed by atoms with E-state index >= 15 is 0 Å². The van der Waals surface area contributed by atoms with E-state index in [0.29, 0.717) is 17.7 Å². The summed E-state index contributed by atoms with van der Waals surface area (Å²) in [7, 11) is 3.81. The predicted molar refractivity (Wildman–Crippen MR) is 87.5 cm³/mol. The molecular formula is C17H26N4O2. The van der Waals surface area contributed by atoms with Gasteiger partial charge >= 0.3 is 0 Å². The third kappa shape index (κ3) is 3.63. The second-order valence-corrected chi connectivity index (χ2v) is 6.62. The molecule has 1 unspecified atom stereocenters. The van der Waals surface area contributed by atoms with Crippen LogP contribution in [0.3, 0.4) is 0 Å². The fraction of sp³-hybridized carbons (Fsp3) is 0.706. The van der Waals surface area contributed by atoms with Gasteiger partial charge in [0.05, 0.1) is 19.5 Å². The van der Waals surface area contributed by atoms with Gasteiger partial charge in [-0.1, -0.05) is 6.42 Å². The maximum absolute atomic E-state index is 12.5. The van der Waals surface area contributed by atoms with E-state index in [0.717, 1.165) is 25.9 Å². The molecule has 3 rings (SSSR count). The van der Waals surface area contributed by atoms with Crippen molar-refractivity contribution < 1.29 is 9.53 Å². The van der Waals surface area contributed by atoms with E-state index in [1.54, 1.807) is 19.5 Å². The highest BCUT2D eigenvalue weighted by Gasteiger charge is 2.32. The Kier molecular flexibility index (Phi) is 5.10. The normalized spacial score (nSPS) is 23.7. The van der Waals surface area contributed by atoms with Crippen LogP contribution in [-0.2, 0) is 0 Å². The molecule has 0 spiro atoms. The minimum Gasteiger partial charge on any atom is -0.494 e. The summed E-state index contributed by atoms with van der Waals surface area (Å²) in [5.41, 5.74) is 0. The van der Waals surface area contributed by atoms with Crippen molar-refractivity contribution in [1.29, 1.82) is 0 Å². The van der Waals surface area contributed by atoms with Crippen molar-refractivity contribution in [2.75, 3.05) is 33.8 Å². The number of hydrogen-bond donors (Lipinski definition) is 0. The van der Waals surface area contributed by atoms with Gasteiger partial charge in [0, 0.05) is 19.1 Å². The first kappa shape index (κ1) is 16.2. The standard InChI is InChI=1S/C17H26N4O2/c1-20-8-4-3-5-15(20)13-6-9-21(10-7-13)17(22)16-18-11-14(23-2)12-19-16/h11-13,15H,3-10H2,1-2H3. The van der Waals surface area contributed by atoms with Crippen LogP contribution < -0.4 is 4.74 Å². The highest BCUT2D eigenvalue weighted by atomic mass is 16.5. The lowest BCUT2D eigenvalue weighted by atomic mass is 9.84. The molecule has 6 nitrogen and oxygen atoms in total. The van der Waals surface area contributed by atoms with Crippen molar-refractivity contribution in [3.05, 3.63) is 18.2 Å². The molecule has 6 heteroatoms. The van der Waals surface area contributed by atoms with Gasteiger partial charge in [-0.15, -0.1) is 0 Å². The molecule has 1 atom stereocenters. The van der Waals surface area contributed by atoms with Crippen LogP contribution in [0, 0.1) is 5.92 Å². The van der Waals surface area contributed by atoms with Gasteiger partial charge in [0.15, 0.2) is 5.75 Å². The van der Waals surface area contributed by atoms with Crippen LogP contribution in [0.2, 0.25) is 0 Å². The van der Waals surface area contributed by atoms with Crippen LogP contribution in [0.4, 0.5) is 0 Å². The number of nitrogens with zero attached hydrogens (tertiary/aromatic N) is 4. The maximum Gasteiger partial charge on any atom is 0.291 e. The molecule has 23 heavy (non-hydrogen) atoms. The maximum atomic E-state index is 12.5. The quantitative estimate of drug-likeness (QED) is 0.851. The Labute approximate surface area is 137 Å². The number of carbonyl (C=O) groups is 1. The SMILES string of the molecule is COc1cnc(C(=O)N2CCC(C3CCCCN3C)CC2)nc1. The first-order valence-electron chi connectivity index (χ1n) is 8.54. The lowest BCUT2D eigenvalue weighted by molar-refractivity contribution is 0.0545. The highest BCUT2D eigenvalue weighted by molar-refractivity contribution is 5.90. The summed E-state index contributed by atoms with van der Waals surface area (Å²) in [6, 6.07) is 0.693. The number of amides is 1. The van der Waals surface area contributed by atoms with Crippen molar-refractivity contribution in [3.8, 4) is 5.75 Å². The second kappa shape index (κ2) is 7.25. The molecule has 2 fully saturated rings. The van der Waals surface area contributed by atoms with Crippen LogP contribution in [-0.4, -0.2) is 65.5 Å². The molecule has 2 aliphatic rings. The van der Waals surface area contributed by atoms with Gasteiger partial charge in [0.25, 0.3) is 5.91 Å². The van der Waals surface area contributed by atoms with E-state index in [9.17, 15) is 4.79 Å². The van der Waals surface area contributed by atoms with Crippen LogP contribution >= 0.6 is 0 Å². The van der Waals surface area contributed by atoms with Gasteiger partial charge in [-0.2, -0.15) is 0 Å². The fourth-order valence-electron chi connectivity index (χ4n) is 3.86. The zero-order valence-electron chi connectivity index (χ0n) is 14.1. The first-order chi connectivity index (χ1) is 11.2. The number of ether oxygens (including phenoxy) is 1. The summed E-state index contributed by atoms with van der Waals surface area (Å²) in [5.74, 6) is 1.48. The molecule has 1 aromatic heterocycles. The Balaban J connectivity index is 1.56. The largest absolute Gasteiger partial charge is 0.494 e. The number of aromatic nitrogens is 2. The minimum absolute atomic E-state index is 0.0666. The topological polar surface area (TPSA) is 58.6 Å². The number of hydrogen-bond acceptors (Lipinski definition) is 5. The highest BCUT2D eigenvalue weighted by Crippen LogP contribution is 2.29. The first-order valence-corrected chi connectivity index (χ1v) is 8.54. The van der Waals surface area contributed by atoms with Gasteiger partial charge in [0.1, 0.15) is 0 Å². The molecule has 3 heterocycles. The zero-order valence-corrected chi connectivity index (χ0v) is 14.1. The summed E-state index contributed by atoms with van der Waals surface area (Å²) in [6.07, 6.45) is 9.21. The molecule has 0 radical (unpaired) electrons. The Morgan fingerprint density at radius 1 is 1.13 bits per heavy atom. The third-order valence-corrected chi connectivity index (χ3v) is 5.25. The molecule has 0 aromatic carbocycles. The summed E-state index contributed by atoms with van der Waals surface area (Å²) in [5, 5.41) is 0. The van der Waals surface area contributed by atoms with Crippen LogP contribution in [0.15, 0.2) is 12.4 Å². The summed E-state index contributed by atoms with van der Waals surface area (Å²) >= 11 is 0. The smallest absolute Gasteiger partial charge is 0.291 e. The third-order valence-electron chi connectivity index (χ3n) is 5.25. The Morgan fingerprint density at radius 2 is 1.83 bits per heavy atom. The van der Waals surface area contributed by atoms with Crippen molar-refractivity contribution in [3.63, 3.8) is 0 Å². The minimum atomic E-state index is -0.0666.